The van der Waals surface area contributed by atoms with Gasteiger partial charge in [0.05, 0.1) is 0 Å². The van der Waals surface area contributed by atoms with E-state index in [1.165, 1.54) is 0 Å². The van der Waals surface area contributed by atoms with Crippen molar-refractivity contribution in [1.82, 2.24) is 4.90 Å². The number of benzene rings is 2. The van der Waals surface area contributed by atoms with Gasteiger partial charge in [-0.05, 0) is 41.5 Å². The molecule has 0 aromatic heterocycles. The quantitative estimate of drug-likeness (QED) is 0.746. The number of ether oxygens (including phenoxy) is 2. The highest BCUT2D eigenvalue weighted by atomic mass is 79.9. The van der Waals surface area contributed by atoms with Crippen LogP contribution in [0.1, 0.15) is 11.1 Å². The van der Waals surface area contributed by atoms with Gasteiger partial charge in [-0.25, -0.2) is 0 Å². The lowest BCUT2D eigenvalue weighted by molar-refractivity contribution is -0.125. The summed E-state index contributed by atoms with van der Waals surface area (Å²) < 4.78 is 12.1. The Morgan fingerprint density at radius 1 is 1.12 bits per heavy atom. The fourth-order valence-electron chi connectivity index (χ4n) is 2.41. The van der Waals surface area contributed by atoms with Crippen molar-refractivity contribution in [3.05, 3.63) is 64.1 Å². The van der Waals surface area contributed by atoms with E-state index in [1.54, 1.807) is 18.0 Å². The number of halogens is 1. The van der Waals surface area contributed by atoms with E-state index in [1.807, 2.05) is 48.5 Å². The van der Waals surface area contributed by atoms with E-state index >= 15 is 0 Å². The second kappa shape index (κ2) is 7.53. The van der Waals surface area contributed by atoms with Gasteiger partial charge in [0.1, 0.15) is 13.2 Å². The number of likely N-dealkylation sites (N-methyl/N-ethyl adjacent to an activating group) is 1. The lowest BCUT2D eigenvalue weighted by Crippen LogP contribution is -2.24. The summed E-state index contributed by atoms with van der Waals surface area (Å²) >= 11 is 3.39. The van der Waals surface area contributed by atoms with E-state index in [9.17, 15) is 4.79 Å². The maximum absolute atomic E-state index is 12.3. The Hall–Kier alpha value is -2.27. The second-order valence-corrected chi connectivity index (χ2v) is 6.47. The summed E-state index contributed by atoms with van der Waals surface area (Å²) in [5.41, 5.74) is 1.99. The van der Waals surface area contributed by atoms with Gasteiger partial charge in [-0.2, -0.15) is 0 Å². The van der Waals surface area contributed by atoms with Crippen molar-refractivity contribution in [2.45, 2.75) is 6.54 Å². The Balaban J connectivity index is 1.62. The maximum Gasteiger partial charge on any atom is 0.246 e. The minimum absolute atomic E-state index is 0.0483. The van der Waals surface area contributed by atoms with Crippen LogP contribution in [0.5, 0.6) is 11.5 Å². The molecular formula is C19H18BrNO3. The highest BCUT2D eigenvalue weighted by Crippen LogP contribution is 2.31. The zero-order chi connectivity index (χ0) is 16.9. The highest BCUT2D eigenvalue weighted by molar-refractivity contribution is 9.10. The molecule has 124 valence electrons. The molecule has 0 saturated carbocycles. The monoisotopic (exact) mass is 387 g/mol. The average molecular weight is 388 g/mol. The van der Waals surface area contributed by atoms with Crippen molar-refractivity contribution in [2.75, 3.05) is 20.3 Å². The van der Waals surface area contributed by atoms with E-state index in [-0.39, 0.29) is 5.91 Å². The minimum Gasteiger partial charge on any atom is -0.486 e. The first-order valence-electron chi connectivity index (χ1n) is 7.69. The van der Waals surface area contributed by atoms with Gasteiger partial charge in [-0.1, -0.05) is 34.1 Å². The van der Waals surface area contributed by atoms with Crippen LogP contribution < -0.4 is 9.47 Å². The van der Waals surface area contributed by atoms with Gasteiger partial charge in [0.2, 0.25) is 5.91 Å². The molecule has 0 fully saturated rings. The Labute approximate surface area is 149 Å². The number of hydrogen-bond acceptors (Lipinski definition) is 3. The first-order chi connectivity index (χ1) is 11.6. The van der Waals surface area contributed by atoms with Crippen LogP contribution in [0.2, 0.25) is 0 Å². The van der Waals surface area contributed by atoms with E-state index in [2.05, 4.69) is 15.9 Å². The van der Waals surface area contributed by atoms with E-state index in [4.69, 9.17) is 9.47 Å². The zero-order valence-electron chi connectivity index (χ0n) is 13.4. The summed E-state index contributed by atoms with van der Waals surface area (Å²) in [6.07, 6.45) is 3.40. The van der Waals surface area contributed by atoms with Gasteiger partial charge < -0.3 is 14.4 Å². The van der Waals surface area contributed by atoms with Crippen molar-refractivity contribution >= 4 is 27.9 Å². The molecule has 0 bridgehead atoms. The molecule has 0 spiro atoms. The molecule has 0 atom stereocenters. The van der Waals surface area contributed by atoms with Crippen molar-refractivity contribution < 1.29 is 14.3 Å². The zero-order valence-corrected chi connectivity index (χ0v) is 15.0. The van der Waals surface area contributed by atoms with E-state index in [0.717, 1.165) is 27.1 Å². The molecule has 2 aromatic carbocycles. The molecule has 4 nitrogen and oxygen atoms in total. The SMILES string of the molecule is CN(Cc1ccc2c(c1)OCCO2)C(=O)/C=C/c1ccc(Br)cc1. The largest absolute Gasteiger partial charge is 0.486 e. The van der Waals surface area contributed by atoms with Crippen LogP contribution in [0, 0.1) is 0 Å². The summed E-state index contributed by atoms with van der Waals surface area (Å²) in [6, 6.07) is 13.6. The first kappa shape index (κ1) is 16.6. The molecule has 0 aliphatic carbocycles. The van der Waals surface area contributed by atoms with Crippen molar-refractivity contribution in [3.63, 3.8) is 0 Å². The number of rotatable bonds is 4. The molecule has 1 amide bonds. The van der Waals surface area contributed by atoms with Crippen molar-refractivity contribution in [2.24, 2.45) is 0 Å². The van der Waals surface area contributed by atoms with Crippen LogP contribution in [0.3, 0.4) is 0 Å². The smallest absolute Gasteiger partial charge is 0.246 e. The van der Waals surface area contributed by atoms with Crippen molar-refractivity contribution in [3.8, 4) is 11.5 Å². The van der Waals surface area contributed by atoms with Gasteiger partial charge in [-0.15, -0.1) is 0 Å². The Morgan fingerprint density at radius 2 is 1.83 bits per heavy atom. The topological polar surface area (TPSA) is 38.8 Å². The maximum atomic E-state index is 12.3. The van der Waals surface area contributed by atoms with Gasteiger partial charge in [0.25, 0.3) is 0 Å². The predicted molar refractivity (Wildman–Crippen MR) is 97.1 cm³/mol. The predicted octanol–water partition coefficient (Wildman–Crippen LogP) is 3.89. The van der Waals surface area contributed by atoms with Gasteiger partial charge in [0, 0.05) is 24.1 Å². The molecule has 0 saturated heterocycles. The van der Waals surface area contributed by atoms with Crippen LogP contribution in [0.4, 0.5) is 0 Å². The van der Waals surface area contributed by atoms with Crippen LogP contribution in [0.15, 0.2) is 53.0 Å². The second-order valence-electron chi connectivity index (χ2n) is 5.56. The third-order valence-corrected chi connectivity index (χ3v) is 4.22. The lowest BCUT2D eigenvalue weighted by Gasteiger charge is -2.20. The Kier molecular flexibility index (Phi) is 5.20. The summed E-state index contributed by atoms with van der Waals surface area (Å²) in [5, 5.41) is 0. The third kappa shape index (κ3) is 4.17. The summed E-state index contributed by atoms with van der Waals surface area (Å²) in [5.74, 6) is 1.45. The number of carbonyl (C=O) groups excluding carboxylic acids is 1. The summed E-state index contributed by atoms with van der Waals surface area (Å²) in [6.45, 7) is 1.65. The van der Waals surface area contributed by atoms with Crippen molar-refractivity contribution in [1.29, 1.82) is 0 Å². The molecule has 0 unspecified atom stereocenters. The van der Waals surface area contributed by atoms with Gasteiger partial charge in [0.15, 0.2) is 11.5 Å². The molecule has 1 aliphatic rings. The number of hydrogen-bond donors (Lipinski definition) is 0. The number of nitrogens with zero attached hydrogens (tertiary/aromatic N) is 1. The number of carbonyl (C=O) groups is 1. The fourth-order valence-corrected chi connectivity index (χ4v) is 2.67. The minimum atomic E-state index is -0.0483. The molecule has 1 heterocycles. The summed E-state index contributed by atoms with van der Waals surface area (Å²) in [4.78, 5) is 13.9. The molecule has 5 heteroatoms. The summed E-state index contributed by atoms with van der Waals surface area (Å²) in [7, 11) is 1.78. The molecular weight excluding hydrogens is 370 g/mol. The average Bonchev–Trinajstić information content (AvgIpc) is 2.61. The number of fused-ring (bicyclic) bond motifs is 1. The molecule has 3 rings (SSSR count). The van der Waals surface area contributed by atoms with Crippen LogP contribution in [0.25, 0.3) is 6.08 Å². The van der Waals surface area contributed by atoms with Gasteiger partial charge >= 0.3 is 0 Å². The molecule has 24 heavy (non-hydrogen) atoms. The lowest BCUT2D eigenvalue weighted by atomic mass is 10.1. The standard InChI is InChI=1S/C19H18BrNO3/c1-21(19(22)9-5-14-2-6-16(20)7-3-14)13-15-4-8-17-18(12-15)24-11-10-23-17/h2-9,12H,10-11,13H2,1H3/b9-5+. The highest BCUT2D eigenvalue weighted by Gasteiger charge is 2.13. The van der Waals surface area contributed by atoms with E-state index < -0.39 is 0 Å². The number of amides is 1. The molecule has 0 N–H and O–H groups in total. The van der Waals surface area contributed by atoms with Crippen LogP contribution >= 0.6 is 15.9 Å². The normalized spacial score (nSPS) is 13.1. The fraction of sp³-hybridized carbons (Fsp3) is 0.211. The molecule has 0 radical (unpaired) electrons. The van der Waals surface area contributed by atoms with Gasteiger partial charge in [-0.3, -0.25) is 4.79 Å². The molecule has 2 aromatic rings. The first-order valence-corrected chi connectivity index (χ1v) is 8.48. The Bertz CT molecular complexity index is 756. The molecule has 1 aliphatic heterocycles. The third-order valence-electron chi connectivity index (χ3n) is 3.69. The van der Waals surface area contributed by atoms with Crippen LogP contribution in [-0.4, -0.2) is 31.1 Å². The van der Waals surface area contributed by atoms with Crippen LogP contribution in [-0.2, 0) is 11.3 Å². The Morgan fingerprint density at radius 3 is 2.58 bits per heavy atom. The van der Waals surface area contributed by atoms with E-state index in [0.29, 0.717) is 19.8 Å².